The van der Waals surface area contributed by atoms with Crippen LogP contribution in [-0.2, 0) is 15.7 Å². The third kappa shape index (κ3) is 7.04. The first-order chi connectivity index (χ1) is 17.7. The molecule has 0 saturated carbocycles. The van der Waals surface area contributed by atoms with Gasteiger partial charge in [0, 0.05) is 19.1 Å². The molecule has 5 nitrogen and oxygen atoms in total. The Bertz CT molecular complexity index is 1130. The Morgan fingerprint density at radius 3 is 1.87 bits per heavy atom. The zero-order valence-corrected chi connectivity index (χ0v) is 26.8. The molecule has 0 spiro atoms. The van der Waals surface area contributed by atoms with E-state index in [2.05, 4.69) is 95.3 Å². The lowest BCUT2D eigenvalue weighted by atomic mass is 10.1. The van der Waals surface area contributed by atoms with Crippen molar-refractivity contribution in [3.63, 3.8) is 0 Å². The molecule has 0 aliphatic carbocycles. The highest BCUT2D eigenvalue weighted by Gasteiger charge is 2.51. The molecule has 1 amide bonds. The maximum absolute atomic E-state index is 12.8. The molecule has 39 heavy (non-hydrogen) atoms. The van der Waals surface area contributed by atoms with Gasteiger partial charge in [0.05, 0.1) is 13.2 Å². The van der Waals surface area contributed by atoms with Crippen molar-refractivity contribution in [3.05, 3.63) is 90.5 Å². The Labute approximate surface area is 248 Å². The highest BCUT2D eigenvalue weighted by Crippen LogP contribution is 2.38. The zero-order chi connectivity index (χ0) is 26.6. The number of nitrogens with zero attached hydrogens (tertiary/aromatic N) is 1. The van der Waals surface area contributed by atoms with Crippen molar-refractivity contribution >= 4 is 51.8 Å². The Kier molecular flexibility index (Phi) is 11.6. The zero-order valence-electron chi connectivity index (χ0n) is 23.8. The van der Waals surface area contributed by atoms with Gasteiger partial charge in [0.25, 0.3) is 8.32 Å². The van der Waals surface area contributed by atoms with Gasteiger partial charge < -0.3 is 13.9 Å². The van der Waals surface area contributed by atoms with Crippen molar-refractivity contribution in [2.45, 2.75) is 70.9 Å². The average Bonchev–Trinajstić information content (AvgIpc) is 3.15. The second-order valence-corrected chi connectivity index (χ2v) is 15.2. The van der Waals surface area contributed by atoms with Crippen LogP contribution in [0, 0.1) is 0 Å². The van der Waals surface area contributed by atoms with Gasteiger partial charge in [0.15, 0.2) is 0 Å². The van der Waals surface area contributed by atoms with Crippen molar-refractivity contribution in [2.75, 3.05) is 7.11 Å². The molecule has 4 rings (SSSR count). The van der Waals surface area contributed by atoms with Crippen LogP contribution >= 0.6 is 27.0 Å². The van der Waals surface area contributed by atoms with Crippen molar-refractivity contribution in [2.24, 2.45) is 0 Å². The molecule has 0 N–H and O–H groups in total. The minimum Gasteiger partial charge on any atom is -0.497 e. The summed E-state index contributed by atoms with van der Waals surface area (Å²) in [4.78, 5) is 14.6. The van der Waals surface area contributed by atoms with Crippen LogP contribution < -0.4 is 15.1 Å². The molecule has 1 heterocycles. The van der Waals surface area contributed by atoms with Gasteiger partial charge in [-0.15, -0.1) is 0 Å². The molecule has 1 aliphatic rings. The van der Waals surface area contributed by atoms with Crippen molar-refractivity contribution in [1.29, 1.82) is 0 Å². The number of carbonyl (C=O) groups excluding carboxylic acids is 1. The highest BCUT2D eigenvalue weighted by atomic mass is 32.1. The fraction of sp³-hybridized carbons (Fsp3) is 0.387. The smallest absolute Gasteiger partial charge is 0.410 e. The van der Waals surface area contributed by atoms with Gasteiger partial charge in [0.1, 0.15) is 11.9 Å². The fourth-order valence-corrected chi connectivity index (χ4v) is 10.1. The van der Waals surface area contributed by atoms with Crippen molar-refractivity contribution < 1.29 is 18.7 Å². The molecule has 1 unspecified atom stereocenters. The van der Waals surface area contributed by atoms with Crippen LogP contribution in [0.5, 0.6) is 5.75 Å². The van der Waals surface area contributed by atoms with Crippen LogP contribution in [0.15, 0.2) is 84.9 Å². The Morgan fingerprint density at radius 1 is 0.897 bits per heavy atom. The number of benzene rings is 3. The molecule has 3 aromatic carbocycles. The van der Waals surface area contributed by atoms with E-state index in [-0.39, 0.29) is 56.4 Å². The molecule has 8 heteroatoms. The summed E-state index contributed by atoms with van der Waals surface area (Å²) in [6.07, 6.45) is 0.0219. The lowest BCUT2D eigenvalue weighted by Crippen LogP contribution is -2.67. The molecule has 3 aromatic rings. The van der Waals surface area contributed by atoms with Gasteiger partial charge in [0.2, 0.25) is 0 Å². The van der Waals surface area contributed by atoms with Gasteiger partial charge >= 0.3 is 6.09 Å². The summed E-state index contributed by atoms with van der Waals surface area (Å²) in [5.74, 6) is 0.799. The molecule has 1 saturated heterocycles. The minimum atomic E-state index is -2.68. The Hall–Kier alpha value is -2.39. The van der Waals surface area contributed by atoms with Gasteiger partial charge in [-0.25, -0.2) is 4.79 Å². The summed E-state index contributed by atoms with van der Waals surface area (Å²) < 4.78 is 18.4. The first-order valence-corrected chi connectivity index (χ1v) is 15.0. The van der Waals surface area contributed by atoms with Gasteiger partial charge in [-0.1, -0.05) is 93.6 Å². The molecule has 1 fully saturated rings. The Morgan fingerprint density at radius 2 is 1.41 bits per heavy atom. The topological polar surface area (TPSA) is 48.0 Å². The predicted molar refractivity (Wildman–Crippen MR) is 172 cm³/mol. The molecule has 212 valence electrons. The van der Waals surface area contributed by atoms with Crippen LogP contribution in [0.25, 0.3) is 0 Å². The molecular formula is C31H43NO4S2Si. The van der Waals surface area contributed by atoms with Crippen molar-refractivity contribution in [1.82, 2.24) is 4.90 Å². The third-order valence-electron chi connectivity index (χ3n) is 7.39. The van der Waals surface area contributed by atoms with Crippen LogP contribution in [0.4, 0.5) is 4.79 Å². The van der Waals surface area contributed by atoms with E-state index in [4.69, 9.17) is 13.9 Å². The maximum Gasteiger partial charge on any atom is 0.410 e. The van der Waals surface area contributed by atoms with Crippen molar-refractivity contribution in [3.8, 4) is 5.75 Å². The molecule has 1 aliphatic heterocycles. The van der Waals surface area contributed by atoms with Crippen LogP contribution in [0.2, 0.25) is 5.04 Å². The minimum absolute atomic E-state index is 0. The van der Waals surface area contributed by atoms with E-state index < -0.39 is 8.32 Å². The number of carbonyl (C=O) groups is 1. The second kappa shape index (κ2) is 13.8. The normalized spacial score (nSPS) is 18.0. The first-order valence-electron chi connectivity index (χ1n) is 13.0. The van der Waals surface area contributed by atoms with E-state index in [0.717, 1.165) is 11.3 Å². The second-order valence-electron chi connectivity index (χ2n) is 11.0. The fourth-order valence-electron chi connectivity index (χ4n) is 5.41. The van der Waals surface area contributed by atoms with E-state index >= 15 is 0 Å². The molecule has 0 aromatic heterocycles. The van der Waals surface area contributed by atoms with Gasteiger partial charge in [-0.2, -0.15) is 27.0 Å². The number of methoxy groups -OCH3 is 1. The number of amides is 1. The summed E-state index contributed by atoms with van der Waals surface area (Å²) in [5.41, 5.74) is 1.04. The molecule has 3 atom stereocenters. The average molecular weight is 586 g/mol. The van der Waals surface area contributed by atoms with E-state index in [1.165, 1.54) is 10.4 Å². The SMILES string of the molecule is COc1ccc(CN2C(=O)OC(C[C@H](C)O[Si](c3ccccc3)(c3ccccc3)C(C)(C)C)[C@@H]2C)cc1.S.S. The Balaban J connectivity index is 0.00000267. The standard InChI is InChI=1S/C31H39NO4Si.2H2S/c1-23(21-29-24(2)32(30(33)35-29)22-25-17-19-26(34-6)20-18-25)36-37(31(3,4)5,27-13-9-7-10-14-27)28-15-11-8-12-16-28;;/h7-20,23-24,29H,21-22H2,1-6H3;2*1H2/t23-,24-,29?;;/m0../s1. The summed E-state index contributed by atoms with van der Waals surface area (Å²) in [6.45, 7) is 11.5. The number of ether oxygens (including phenoxy) is 2. The van der Waals surface area contributed by atoms with E-state index in [1.54, 1.807) is 7.11 Å². The molecule has 0 bridgehead atoms. The number of cyclic esters (lactones) is 1. The van der Waals surface area contributed by atoms with E-state index in [9.17, 15) is 4.79 Å². The predicted octanol–water partition coefficient (Wildman–Crippen LogP) is 5.99. The highest BCUT2D eigenvalue weighted by molar-refractivity contribution is 7.59. The van der Waals surface area contributed by atoms with E-state index in [0.29, 0.717) is 13.0 Å². The molecule has 0 radical (unpaired) electrons. The van der Waals surface area contributed by atoms with Crippen LogP contribution in [0.1, 0.15) is 46.6 Å². The summed E-state index contributed by atoms with van der Waals surface area (Å²) >= 11 is 0. The summed E-state index contributed by atoms with van der Waals surface area (Å²) in [5, 5.41) is 2.39. The maximum atomic E-state index is 12.8. The number of hydrogen-bond donors (Lipinski definition) is 0. The van der Waals surface area contributed by atoms with Crippen LogP contribution in [-0.4, -0.2) is 44.7 Å². The first kappa shape index (κ1) is 32.8. The van der Waals surface area contributed by atoms with Gasteiger partial charge in [-0.3, -0.25) is 4.90 Å². The van der Waals surface area contributed by atoms with Gasteiger partial charge in [-0.05, 0) is 47.0 Å². The largest absolute Gasteiger partial charge is 0.497 e. The number of hydrogen-bond acceptors (Lipinski definition) is 4. The molecular weight excluding hydrogens is 543 g/mol. The summed E-state index contributed by atoms with van der Waals surface area (Å²) in [7, 11) is -1.03. The summed E-state index contributed by atoms with van der Waals surface area (Å²) in [6, 6.07) is 29.0. The van der Waals surface area contributed by atoms with E-state index in [1.807, 2.05) is 29.2 Å². The quantitative estimate of drug-likeness (QED) is 0.290. The monoisotopic (exact) mass is 585 g/mol. The van der Waals surface area contributed by atoms with Crippen LogP contribution in [0.3, 0.4) is 0 Å². The lowest BCUT2D eigenvalue weighted by molar-refractivity contribution is 0.0890. The lowest BCUT2D eigenvalue weighted by Gasteiger charge is -2.45. The number of rotatable bonds is 9. The third-order valence-corrected chi connectivity index (χ3v) is 12.5.